The zero-order valence-corrected chi connectivity index (χ0v) is 24.8. The minimum atomic E-state index is -4.75. The number of imidazole rings is 1. The first-order valence-electron chi connectivity index (χ1n) is 13.3. The van der Waals surface area contributed by atoms with Crippen LogP contribution in [0.4, 0.5) is 17.6 Å². The van der Waals surface area contributed by atoms with Crippen molar-refractivity contribution in [3.05, 3.63) is 84.1 Å². The molecule has 0 unspecified atom stereocenters. The molecule has 1 amide bonds. The van der Waals surface area contributed by atoms with Gasteiger partial charge in [0.15, 0.2) is 0 Å². The number of carbonyl (C=O) groups is 1. The summed E-state index contributed by atoms with van der Waals surface area (Å²) in [5.74, 6) is 1.16. The van der Waals surface area contributed by atoms with Crippen molar-refractivity contribution in [2.45, 2.75) is 38.4 Å². The van der Waals surface area contributed by atoms with E-state index in [0.29, 0.717) is 31.0 Å². The van der Waals surface area contributed by atoms with E-state index in [0.717, 1.165) is 24.5 Å². The quantitative estimate of drug-likeness (QED) is 0.176. The Kier molecular flexibility index (Phi) is 11.3. The molecule has 0 atom stereocenters. The number of nitrogens with zero attached hydrogens (tertiary/aromatic N) is 4. The molecule has 0 aliphatic heterocycles. The van der Waals surface area contributed by atoms with Gasteiger partial charge in [0.05, 0.1) is 17.0 Å². The highest BCUT2D eigenvalue weighted by molar-refractivity contribution is 7.98. The maximum absolute atomic E-state index is 13.7. The topological polar surface area (TPSA) is 75.1 Å². The van der Waals surface area contributed by atoms with Gasteiger partial charge >= 0.3 is 6.18 Å². The second kappa shape index (κ2) is 14.5. The molecule has 0 saturated heterocycles. The van der Waals surface area contributed by atoms with Crippen molar-refractivity contribution < 1.29 is 22.4 Å². The molecule has 1 aliphatic carbocycles. The molecule has 2 heterocycles. The summed E-state index contributed by atoms with van der Waals surface area (Å²) in [4.78, 5) is 23.1. The van der Waals surface area contributed by atoms with E-state index < -0.39 is 17.4 Å². The van der Waals surface area contributed by atoms with Crippen molar-refractivity contribution in [3.63, 3.8) is 0 Å². The van der Waals surface area contributed by atoms with Gasteiger partial charge in [0.2, 0.25) is 0 Å². The van der Waals surface area contributed by atoms with Crippen molar-refractivity contribution >= 4 is 41.1 Å². The van der Waals surface area contributed by atoms with E-state index in [2.05, 4.69) is 40.3 Å². The van der Waals surface area contributed by atoms with Gasteiger partial charge in [0.25, 0.3) is 5.91 Å². The second-order valence-electron chi connectivity index (χ2n) is 9.95. The number of carbonyl (C=O) groups excluding carboxylic acids is 1. The van der Waals surface area contributed by atoms with E-state index in [1.165, 1.54) is 18.2 Å². The Hall–Kier alpha value is -3.64. The lowest BCUT2D eigenvalue weighted by Gasteiger charge is -2.20. The van der Waals surface area contributed by atoms with Crippen LogP contribution in [0.3, 0.4) is 0 Å². The summed E-state index contributed by atoms with van der Waals surface area (Å²) in [5.41, 5.74) is -0.426. The Morgan fingerprint density at radius 3 is 2.60 bits per heavy atom. The molecular weight excluding hydrogens is 568 g/mol. The lowest BCUT2D eigenvalue weighted by atomic mass is 9.98. The van der Waals surface area contributed by atoms with Gasteiger partial charge < -0.3 is 15.2 Å². The van der Waals surface area contributed by atoms with Crippen molar-refractivity contribution in [1.29, 1.82) is 0 Å². The highest BCUT2D eigenvalue weighted by Crippen LogP contribution is 2.37. The molecular formula is C30H36F4N6OS. The van der Waals surface area contributed by atoms with Gasteiger partial charge in [-0.05, 0) is 45.2 Å². The summed E-state index contributed by atoms with van der Waals surface area (Å²) in [7, 11) is 1.90. The van der Waals surface area contributed by atoms with Crippen LogP contribution in [0.5, 0.6) is 0 Å². The highest BCUT2D eigenvalue weighted by Gasteiger charge is 2.35. The number of rotatable bonds is 15. The van der Waals surface area contributed by atoms with Crippen molar-refractivity contribution in [3.8, 4) is 0 Å². The Bertz CT molecular complexity index is 1390. The van der Waals surface area contributed by atoms with Crippen molar-refractivity contribution in [2.75, 3.05) is 32.3 Å². The van der Waals surface area contributed by atoms with Gasteiger partial charge in [-0.1, -0.05) is 31.9 Å². The number of allylic oxidation sites excluding steroid dienone is 1. The van der Waals surface area contributed by atoms with Crippen LogP contribution in [0.25, 0.3) is 23.4 Å². The molecule has 7 nitrogen and oxygen atoms in total. The molecule has 12 heteroatoms. The molecule has 2 N–H and O–H groups in total. The predicted molar refractivity (Wildman–Crippen MR) is 163 cm³/mol. The molecule has 1 fully saturated rings. The highest BCUT2D eigenvalue weighted by atomic mass is 32.2. The number of aryl methyl sites for hydroxylation is 1. The number of pyridine rings is 1. The Morgan fingerprint density at radius 2 is 2.00 bits per heavy atom. The van der Waals surface area contributed by atoms with Crippen LogP contribution in [-0.2, 0) is 0 Å². The first-order valence-corrected chi connectivity index (χ1v) is 14.7. The summed E-state index contributed by atoms with van der Waals surface area (Å²) in [6.07, 6.45) is 6.09. The van der Waals surface area contributed by atoms with E-state index in [9.17, 15) is 22.4 Å². The summed E-state index contributed by atoms with van der Waals surface area (Å²) in [6, 6.07) is 1.91. The molecule has 226 valence electrons. The molecule has 0 aromatic carbocycles. The van der Waals surface area contributed by atoms with Crippen LogP contribution in [0.15, 0.2) is 50.1 Å². The Morgan fingerprint density at radius 1 is 1.29 bits per heavy atom. The number of nitrogens with one attached hydrogen (secondary N) is 2. The fourth-order valence-electron chi connectivity index (χ4n) is 4.22. The maximum atomic E-state index is 13.7. The molecule has 0 spiro atoms. The number of amides is 1. The van der Waals surface area contributed by atoms with Crippen molar-refractivity contribution in [2.24, 2.45) is 0 Å². The fraction of sp³-hybridized carbons (Fsp3) is 0.367. The monoisotopic (exact) mass is 604 g/mol. The van der Waals surface area contributed by atoms with Gasteiger partial charge in [0.1, 0.15) is 17.8 Å². The van der Waals surface area contributed by atoms with Gasteiger partial charge in [0, 0.05) is 60.1 Å². The Balaban J connectivity index is 1.82. The number of halogens is 4. The van der Waals surface area contributed by atoms with Crippen LogP contribution in [0, 0.1) is 6.92 Å². The Labute approximate surface area is 248 Å². The number of hydrogen-bond donors (Lipinski definition) is 2. The number of hydrogen-bond acceptors (Lipinski definition) is 6. The molecule has 1 aliphatic rings. The smallest absolute Gasteiger partial charge is 0.357 e. The fourth-order valence-corrected chi connectivity index (χ4v) is 4.79. The van der Waals surface area contributed by atoms with Crippen LogP contribution in [-0.4, -0.2) is 63.8 Å². The number of thioether (sulfide) groups is 1. The van der Waals surface area contributed by atoms with E-state index >= 15 is 0 Å². The van der Waals surface area contributed by atoms with Crippen LogP contribution in [0.2, 0.25) is 0 Å². The summed E-state index contributed by atoms with van der Waals surface area (Å²) in [6.45, 7) is 13.3. The third kappa shape index (κ3) is 8.68. The van der Waals surface area contributed by atoms with Crippen LogP contribution >= 0.6 is 11.8 Å². The first-order chi connectivity index (χ1) is 19.9. The molecule has 2 aromatic rings. The maximum Gasteiger partial charge on any atom is 0.417 e. The lowest BCUT2D eigenvalue weighted by Crippen LogP contribution is -2.23. The van der Waals surface area contributed by atoms with E-state index in [4.69, 9.17) is 0 Å². The van der Waals surface area contributed by atoms with Gasteiger partial charge in [-0.2, -0.15) is 13.2 Å². The lowest BCUT2D eigenvalue weighted by molar-refractivity contribution is -0.0689. The van der Waals surface area contributed by atoms with Crippen LogP contribution in [0.1, 0.15) is 64.1 Å². The average molecular weight is 605 g/mol. The SMILES string of the molecule is C=Cc1c(C(=C)N/C(=C\F)CCN(C)CSC)cc(/C=C/CNC(=O)c2cn(C3CC3)c(C)n2)nc1C(=C)C(F)(F)F. The molecule has 3 rings (SSSR count). The summed E-state index contributed by atoms with van der Waals surface area (Å²) in [5, 5.41) is 5.62. The molecule has 0 radical (unpaired) electrons. The van der Waals surface area contributed by atoms with Gasteiger partial charge in [-0.15, -0.1) is 11.8 Å². The van der Waals surface area contributed by atoms with E-state index in [1.807, 2.05) is 29.7 Å². The number of aromatic nitrogens is 3. The third-order valence-corrected chi connectivity index (χ3v) is 7.25. The van der Waals surface area contributed by atoms with Crippen LogP contribution < -0.4 is 10.6 Å². The minimum absolute atomic E-state index is 0.0552. The first kappa shape index (κ1) is 32.9. The van der Waals surface area contributed by atoms with Gasteiger partial charge in [-0.3, -0.25) is 9.69 Å². The molecule has 42 heavy (non-hydrogen) atoms. The zero-order valence-electron chi connectivity index (χ0n) is 24.0. The minimum Gasteiger partial charge on any atom is -0.357 e. The standard InChI is InChI=1S/C30H36F4N6OS/c1-7-25-26(20(3)36-23(16-31)12-14-39(5)18-42-6)15-22(38-28(25)19(2)30(32,33)34)9-8-13-35-29(41)27-17-40(21(4)37-27)24-10-11-24/h7-9,15-17,24,36H,1-3,10-14,18H2,4-6H3,(H,35,41)/b9-8+,23-16-. The molecule has 2 aromatic heterocycles. The van der Waals surface area contributed by atoms with Gasteiger partial charge in [-0.25, -0.2) is 14.4 Å². The number of alkyl halides is 3. The van der Waals surface area contributed by atoms with Crippen molar-refractivity contribution in [1.82, 2.24) is 30.1 Å². The van der Waals surface area contributed by atoms with E-state index in [1.54, 1.807) is 24.0 Å². The zero-order chi connectivity index (χ0) is 31.0. The summed E-state index contributed by atoms with van der Waals surface area (Å²) < 4.78 is 56.8. The molecule has 1 saturated carbocycles. The molecule has 0 bridgehead atoms. The normalized spacial score (nSPS) is 14.0. The third-order valence-electron chi connectivity index (χ3n) is 6.55. The average Bonchev–Trinajstić information content (AvgIpc) is 3.72. The summed E-state index contributed by atoms with van der Waals surface area (Å²) >= 11 is 1.63. The second-order valence-corrected chi connectivity index (χ2v) is 10.8. The largest absolute Gasteiger partial charge is 0.417 e. The predicted octanol–water partition coefficient (Wildman–Crippen LogP) is 6.60. The van der Waals surface area contributed by atoms with E-state index in [-0.39, 0.29) is 40.7 Å².